The zero-order valence-electron chi connectivity index (χ0n) is 22.9. The smallest absolute Gasteiger partial charge is 0.338 e. The molecular weight excluding hydrogens is 609 g/mol. The molecule has 220 valence electrons. The van der Waals surface area contributed by atoms with Gasteiger partial charge in [0.2, 0.25) is 5.82 Å². The van der Waals surface area contributed by atoms with E-state index in [4.69, 9.17) is 25.7 Å². The summed E-state index contributed by atoms with van der Waals surface area (Å²) >= 11 is 7.29. The molecule has 1 atom stereocenters. The molecule has 44 heavy (non-hydrogen) atoms. The number of rotatable bonds is 7. The fourth-order valence-corrected chi connectivity index (χ4v) is 6.03. The molecule has 0 saturated heterocycles. The van der Waals surface area contributed by atoms with Crippen molar-refractivity contribution in [1.29, 1.82) is 0 Å². The Kier molecular flexibility index (Phi) is 7.81. The van der Waals surface area contributed by atoms with Crippen molar-refractivity contribution in [2.45, 2.75) is 13.0 Å². The van der Waals surface area contributed by atoms with E-state index in [0.29, 0.717) is 32.2 Å². The number of halogens is 2. The number of furan rings is 1. The summed E-state index contributed by atoms with van der Waals surface area (Å²) in [7, 11) is 0. The van der Waals surface area contributed by atoms with Crippen LogP contribution < -0.4 is 14.9 Å². The molecule has 0 saturated carbocycles. The van der Waals surface area contributed by atoms with Gasteiger partial charge >= 0.3 is 11.7 Å². The molecule has 12 heteroatoms. The lowest BCUT2D eigenvalue weighted by Gasteiger charge is -2.25. The van der Waals surface area contributed by atoms with Crippen molar-refractivity contribution in [2.75, 3.05) is 6.61 Å². The minimum Gasteiger partial charge on any atom is -0.463 e. The monoisotopic (exact) mass is 629 g/mol. The molecule has 0 spiro atoms. The standard InChI is InChI=1S/C32H21ClFN3O6S/c1-2-42-31(39)27-28(18-6-4-3-5-7-18)35-32-36(29(27)19-8-11-21(33)12-9-19)30(38)26(44-32)17-22-13-15-25(43-22)20-10-14-23(34)24(16-20)37(40)41/h3-17,29H,2H2,1H3/b26-17-/t29-/m1/s1. The van der Waals surface area contributed by atoms with Crippen LogP contribution in [0, 0.1) is 15.9 Å². The van der Waals surface area contributed by atoms with Gasteiger partial charge in [-0.1, -0.05) is 65.4 Å². The normalized spacial score (nSPS) is 14.7. The van der Waals surface area contributed by atoms with Crippen LogP contribution >= 0.6 is 22.9 Å². The van der Waals surface area contributed by atoms with Crippen LogP contribution in [0.15, 0.2) is 105 Å². The number of hydrogen-bond acceptors (Lipinski definition) is 8. The predicted molar refractivity (Wildman–Crippen MR) is 163 cm³/mol. The molecule has 3 aromatic carbocycles. The zero-order valence-corrected chi connectivity index (χ0v) is 24.5. The number of carbonyl (C=O) groups is 1. The molecule has 0 fully saturated rings. The molecule has 9 nitrogen and oxygen atoms in total. The number of hydrogen-bond donors (Lipinski definition) is 0. The average molecular weight is 630 g/mol. The van der Waals surface area contributed by atoms with Crippen LogP contribution in [0.3, 0.4) is 0 Å². The second-order valence-corrected chi connectivity index (χ2v) is 11.1. The van der Waals surface area contributed by atoms with Gasteiger partial charge in [-0.3, -0.25) is 19.5 Å². The van der Waals surface area contributed by atoms with E-state index in [1.54, 1.807) is 43.3 Å². The van der Waals surface area contributed by atoms with Gasteiger partial charge in [-0.05, 0) is 48.9 Å². The number of thiazole rings is 1. The Balaban J connectivity index is 1.53. The van der Waals surface area contributed by atoms with Gasteiger partial charge in [0.05, 0.1) is 33.4 Å². The second-order valence-electron chi connectivity index (χ2n) is 9.61. The molecule has 0 radical (unpaired) electrons. The highest BCUT2D eigenvalue weighted by molar-refractivity contribution is 7.07. The number of carbonyl (C=O) groups excluding carboxylic acids is 1. The predicted octanol–water partition coefficient (Wildman–Crippen LogP) is 5.90. The topological polar surface area (TPSA) is 117 Å². The minimum absolute atomic E-state index is 0.125. The maximum Gasteiger partial charge on any atom is 0.338 e. The van der Waals surface area contributed by atoms with Gasteiger partial charge in [0.15, 0.2) is 4.80 Å². The van der Waals surface area contributed by atoms with E-state index in [1.807, 2.05) is 30.3 Å². The van der Waals surface area contributed by atoms with Gasteiger partial charge in [0, 0.05) is 28.3 Å². The van der Waals surface area contributed by atoms with E-state index in [1.165, 1.54) is 16.7 Å². The number of ether oxygens (including phenoxy) is 1. The van der Waals surface area contributed by atoms with Gasteiger partial charge in [-0.25, -0.2) is 9.79 Å². The van der Waals surface area contributed by atoms with Crippen LogP contribution in [0.4, 0.5) is 10.1 Å². The number of benzene rings is 3. The van der Waals surface area contributed by atoms with Gasteiger partial charge in [0.1, 0.15) is 11.5 Å². The molecule has 3 heterocycles. The third-order valence-electron chi connectivity index (χ3n) is 6.89. The lowest BCUT2D eigenvalue weighted by Crippen LogP contribution is -2.39. The molecule has 5 aromatic rings. The Morgan fingerprint density at radius 3 is 2.57 bits per heavy atom. The molecule has 0 aliphatic carbocycles. The maximum absolute atomic E-state index is 14.0. The van der Waals surface area contributed by atoms with Gasteiger partial charge < -0.3 is 9.15 Å². The summed E-state index contributed by atoms with van der Waals surface area (Å²) in [6.45, 7) is 1.83. The second kappa shape index (κ2) is 11.9. The van der Waals surface area contributed by atoms with Crippen LogP contribution in [-0.2, 0) is 9.53 Å². The Morgan fingerprint density at radius 1 is 1.11 bits per heavy atom. The fourth-order valence-electron chi connectivity index (χ4n) is 4.92. The third-order valence-corrected chi connectivity index (χ3v) is 8.12. The molecule has 1 aliphatic heterocycles. The van der Waals surface area contributed by atoms with Gasteiger partial charge in [-0.15, -0.1) is 0 Å². The molecule has 2 aromatic heterocycles. The van der Waals surface area contributed by atoms with Crippen molar-refractivity contribution < 1.29 is 23.3 Å². The Labute approximate surface area is 257 Å². The first-order valence-corrected chi connectivity index (χ1v) is 14.5. The van der Waals surface area contributed by atoms with Crippen LogP contribution in [-0.4, -0.2) is 22.1 Å². The fraction of sp³-hybridized carbons (Fsp3) is 0.0938. The molecule has 0 N–H and O–H groups in total. The summed E-state index contributed by atoms with van der Waals surface area (Å²) in [6.07, 6.45) is 1.53. The summed E-state index contributed by atoms with van der Waals surface area (Å²) in [5.74, 6) is -1.03. The Morgan fingerprint density at radius 2 is 1.86 bits per heavy atom. The number of nitrogens with zero attached hydrogens (tertiary/aromatic N) is 3. The summed E-state index contributed by atoms with van der Waals surface area (Å²) in [6, 6.07) is 21.8. The molecule has 0 bridgehead atoms. The highest BCUT2D eigenvalue weighted by Crippen LogP contribution is 2.35. The van der Waals surface area contributed by atoms with Crippen molar-refractivity contribution in [3.8, 4) is 11.3 Å². The largest absolute Gasteiger partial charge is 0.463 e. The highest BCUT2D eigenvalue weighted by atomic mass is 35.5. The minimum atomic E-state index is -0.959. The van der Waals surface area contributed by atoms with Crippen LogP contribution in [0.2, 0.25) is 5.02 Å². The first-order valence-electron chi connectivity index (χ1n) is 13.3. The maximum atomic E-state index is 14.0. The number of aromatic nitrogens is 1. The van der Waals surface area contributed by atoms with Gasteiger partial charge in [-0.2, -0.15) is 4.39 Å². The van der Waals surface area contributed by atoms with Crippen molar-refractivity contribution in [1.82, 2.24) is 4.57 Å². The number of nitro groups is 1. The molecule has 1 aliphatic rings. The summed E-state index contributed by atoms with van der Waals surface area (Å²) in [5.41, 5.74) is 1.10. The lowest BCUT2D eigenvalue weighted by molar-refractivity contribution is -0.387. The van der Waals surface area contributed by atoms with E-state index < -0.39 is 34.0 Å². The molecule has 0 unspecified atom stereocenters. The average Bonchev–Trinajstić information content (AvgIpc) is 3.61. The Hall–Kier alpha value is -5.13. The van der Waals surface area contributed by atoms with Crippen molar-refractivity contribution >= 4 is 46.4 Å². The van der Waals surface area contributed by atoms with Crippen LogP contribution in [0.5, 0.6) is 0 Å². The first kappa shape index (κ1) is 29.0. The summed E-state index contributed by atoms with van der Waals surface area (Å²) in [5, 5.41) is 11.7. The zero-order chi connectivity index (χ0) is 31.0. The van der Waals surface area contributed by atoms with E-state index in [9.17, 15) is 24.1 Å². The Bertz CT molecular complexity index is 2130. The number of nitro benzene ring substituents is 1. The third kappa shape index (κ3) is 5.38. The van der Waals surface area contributed by atoms with E-state index in [0.717, 1.165) is 23.5 Å². The van der Waals surface area contributed by atoms with Crippen molar-refractivity contribution in [2.24, 2.45) is 4.99 Å². The molecule has 0 amide bonds. The van der Waals surface area contributed by atoms with Crippen molar-refractivity contribution in [3.05, 3.63) is 148 Å². The van der Waals surface area contributed by atoms with E-state index in [2.05, 4.69) is 0 Å². The van der Waals surface area contributed by atoms with Crippen molar-refractivity contribution in [3.63, 3.8) is 0 Å². The SMILES string of the molecule is CCOC(=O)C1=C(c2ccccc2)N=c2s/c(=C\c3ccc(-c4ccc(F)c([N+](=O)[O-])c4)o3)c(=O)n2[C@@H]1c1ccc(Cl)cc1. The van der Waals surface area contributed by atoms with E-state index >= 15 is 0 Å². The van der Waals surface area contributed by atoms with Crippen LogP contribution in [0.1, 0.15) is 29.9 Å². The first-order chi connectivity index (χ1) is 21.2. The summed E-state index contributed by atoms with van der Waals surface area (Å²) < 4.78 is 26.9. The van der Waals surface area contributed by atoms with E-state index in [-0.39, 0.29) is 28.2 Å². The quantitative estimate of drug-likeness (QED) is 0.126. The lowest BCUT2D eigenvalue weighted by atomic mass is 9.93. The van der Waals surface area contributed by atoms with Gasteiger partial charge in [0.25, 0.3) is 5.56 Å². The molecular formula is C32H21ClFN3O6S. The molecule has 6 rings (SSSR count). The summed E-state index contributed by atoms with van der Waals surface area (Å²) in [4.78, 5) is 43.0. The number of fused-ring (bicyclic) bond motifs is 1. The number of esters is 1. The van der Waals surface area contributed by atoms with Crippen LogP contribution in [0.25, 0.3) is 23.1 Å². The highest BCUT2D eigenvalue weighted by Gasteiger charge is 2.35.